The highest BCUT2D eigenvalue weighted by Crippen LogP contribution is 2.24. The number of nitrogens with one attached hydrogen (secondary N) is 1. The molecule has 3 aliphatic rings. The van der Waals surface area contributed by atoms with Crippen molar-refractivity contribution in [3.8, 4) is 0 Å². The molecule has 1 unspecified atom stereocenters. The van der Waals surface area contributed by atoms with E-state index in [1.807, 2.05) is 18.2 Å². The van der Waals surface area contributed by atoms with Crippen LogP contribution in [0.1, 0.15) is 37.7 Å². The Morgan fingerprint density at radius 1 is 1.18 bits per heavy atom. The summed E-state index contributed by atoms with van der Waals surface area (Å²) in [5.41, 5.74) is 10.3. The van der Waals surface area contributed by atoms with Crippen molar-refractivity contribution in [3.05, 3.63) is 65.4 Å². The van der Waals surface area contributed by atoms with Gasteiger partial charge in [-0.2, -0.15) is 0 Å². The minimum atomic E-state index is -3.27. The average Bonchev–Trinajstić information content (AvgIpc) is 2.84. The Kier molecular flexibility index (Phi) is 8.24. The number of nitrogens with two attached hydrogens (primary N) is 1. The Hall–Kier alpha value is -2.42. The van der Waals surface area contributed by atoms with Crippen LogP contribution < -0.4 is 10.5 Å². The molecule has 1 aromatic carbocycles. The molecule has 0 radical (unpaired) electrons. The standard InChI is InChI=1S/C26H36N4O3S/c1-34(31,32)29-23-9-7-20(8-10-23)19-24-14-18-33-26(28-24)22-11-15-30(16-12-22)17-13-25(27)21-5-3-2-4-6-21/h3,5-10,14,22,25,29H,2,4,11-13,15-19,27H2,1H3. The number of anilines is 1. The van der Waals surface area contributed by atoms with E-state index in [2.05, 4.69) is 27.9 Å². The van der Waals surface area contributed by atoms with Crippen LogP contribution in [0.5, 0.6) is 0 Å². The molecule has 4 rings (SSSR count). The van der Waals surface area contributed by atoms with E-state index >= 15 is 0 Å². The molecule has 2 heterocycles. The molecule has 1 aliphatic carbocycles. The molecule has 2 aliphatic heterocycles. The predicted octanol–water partition coefficient (Wildman–Crippen LogP) is 3.62. The van der Waals surface area contributed by atoms with Crippen molar-refractivity contribution in [2.24, 2.45) is 16.6 Å². The fourth-order valence-corrected chi connectivity index (χ4v) is 5.24. The Morgan fingerprint density at radius 3 is 2.62 bits per heavy atom. The van der Waals surface area contributed by atoms with Crippen LogP contribution in [0.4, 0.5) is 5.69 Å². The topological polar surface area (TPSA) is 97.0 Å². The van der Waals surface area contributed by atoms with Crippen molar-refractivity contribution in [3.63, 3.8) is 0 Å². The van der Waals surface area contributed by atoms with Crippen molar-refractivity contribution in [2.45, 2.75) is 44.6 Å². The molecule has 1 aromatic rings. The molecular formula is C26H36N4O3S. The van der Waals surface area contributed by atoms with Crippen LogP contribution in [0.25, 0.3) is 0 Å². The fourth-order valence-electron chi connectivity index (χ4n) is 4.68. The fraction of sp³-hybridized carbons (Fsp3) is 0.500. The first-order valence-corrected chi connectivity index (χ1v) is 14.1. The molecule has 1 fully saturated rings. The maximum Gasteiger partial charge on any atom is 0.229 e. The van der Waals surface area contributed by atoms with Gasteiger partial charge in [0.15, 0.2) is 5.90 Å². The molecule has 0 spiro atoms. The number of aliphatic imine (C=N–C) groups is 1. The van der Waals surface area contributed by atoms with E-state index in [1.165, 1.54) is 5.57 Å². The summed E-state index contributed by atoms with van der Waals surface area (Å²) in [5, 5.41) is 0. The molecule has 1 saturated heterocycles. The molecule has 7 nitrogen and oxygen atoms in total. The SMILES string of the molecule is CS(=O)(=O)Nc1ccc(CC2=CCOC(C3CCN(CCC(N)C4=CCCC=C4)CC3)=N2)cc1. The maximum atomic E-state index is 11.4. The first-order valence-electron chi connectivity index (χ1n) is 12.2. The van der Waals surface area contributed by atoms with Gasteiger partial charge in [-0.15, -0.1) is 0 Å². The second-order valence-electron chi connectivity index (χ2n) is 9.40. The van der Waals surface area contributed by atoms with Gasteiger partial charge in [0.25, 0.3) is 0 Å². The summed E-state index contributed by atoms with van der Waals surface area (Å²) in [6, 6.07) is 7.56. The summed E-state index contributed by atoms with van der Waals surface area (Å²) in [4.78, 5) is 7.34. The van der Waals surface area contributed by atoms with Crippen molar-refractivity contribution in [1.82, 2.24) is 4.90 Å². The quantitative estimate of drug-likeness (QED) is 0.558. The maximum absolute atomic E-state index is 11.4. The van der Waals surface area contributed by atoms with E-state index in [9.17, 15) is 8.42 Å². The lowest BCUT2D eigenvalue weighted by Gasteiger charge is -2.33. The third-order valence-electron chi connectivity index (χ3n) is 6.59. The summed E-state index contributed by atoms with van der Waals surface area (Å²) in [6.07, 6.45) is 15.9. The molecule has 1 atom stereocenters. The summed E-state index contributed by atoms with van der Waals surface area (Å²) >= 11 is 0. The lowest BCUT2D eigenvalue weighted by atomic mass is 9.94. The lowest BCUT2D eigenvalue weighted by molar-refractivity contribution is 0.188. The molecule has 3 N–H and O–H groups in total. The van der Waals surface area contributed by atoms with Crippen molar-refractivity contribution < 1.29 is 13.2 Å². The van der Waals surface area contributed by atoms with E-state index in [1.54, 1.807) is 12.1 Å². The number of ether oxygens (including phenoxy) is 1. The summed E-state index contributed by atoms with van der Waals surface area (Å²) in [7, 11) is -3.27. The third-order valence-corrected chi connectivity index (χ3v) is 7.20. The molecule has 8 heteroatoms. The summed E-state index contributed by atoms with van der Waals surface area (Å²) in [6.45, 7) is 3.67. The van der Waals surface area contributed by atoms with Gasteiger partial charge >= 0.3 is 0 Å². The van der Waals surface area contributed by atoms with Gasteiger partial charge in [-0.1, -0.05) is 30.4 Å². The van der Waals surface area contributed by atoms with Gasteiger partial charge in [0.2, 0.25) is 10.0 Å². The number of hydrogen-bond acceptors (Lipinski definition) is 6. The predicted molar refractivity (Wildman–Crippen MR) is 138 cm³/mol. The van der Waals surface area contributed by atoms with Crippen LogP contribution in [0, 0.1) is 5.92 Å². The number of nitrogens with zero attached hydrogens (tertiary/aromatic N) is 2. The molecule has 0 saturated carbocycles. The van der Waals surface area contributed by atoms with E-state index < -0.39 is 10.0 Å². The van der Waals surface area contributed by atoms with Gasteiger partial charge in [0, 0.05) is 29.8 Å². The normalized spacial score (nSPS) is 20.7. The van der Waals surface area contributed by atoms with Gasteiger partial charge < -0.3 is 15.4 Å². The van der Waals surface area contributed by atoms with Crippen LogP contribution in [-0.2, 0) is 21.2 Å². The second kappa shape index (κ2) is 11.3. The molecule has 0 amide bonds. The first kappa shape index (κ1) is 24.7. The number of piperidine rings is 1. The van der Waals surface area contributed by atoms with Crippen LogP contribution in [0.2, 0.25) is 0 Å². The zero-order chi connectivity index (χ0) is 24.0. The van der Waals surface area contributed by atoms with E-state index in [-0.39, 0.29) is 6.04 Å². The van der Waals surface area contributed by atoms with Gasteiger partial charge in [0.05, 0.1) is 6.26 Å². The zero-order valence-corrected chi connectivity index (χ0v) is 20.8. The van der Waals surface area contributed by atoms with E-state index in [0.29, 0.717) is 24.6 Å². The van der Waals surface area contributed by atoms with Gasteiger partial charge in [-0.05, 0) is 81.1 Å². The minimum absolute atomic E-state index is 0.129. The number of likely N-dealkylation sites (tertiary alicyclic amines) is 1. The molecule has 34 heavy (non-hydrogen) atoms. The molecular weight excluding hydrogens is 448 g/mol. The lowest BCUT2D eigenvalue weighted by Crippen LogP contribution is -2.39. The number of benzene rings is 1. The summed E-state index contributed by atoms with van der Waals surface area (Å²) in [5.74, 6) is 1.22. The zero-order valence-electron chi connectivity index (χ0n) is 19.9. The number of hydrogen-bond donors (Lipinski definition) is 2. The van der Waals surface area contributed by atoms with Gasteiger partial charge in [-0.3, -0.25) is 4.72 Å². The van der Waals surface area contributed by atoms with Crippen LogP contribution in [-0.4, -0.2) is 57.8 Å². The largest absolute Gasteiger partial charge is 0.476 e. The van der Waals surface area contributed by atoms with Crippen LogP contribution in [0.3, 0.4) is 0 Å². The first-order chi connectivity index (χ1) is 16.4. The highest BCUT2D eigenvalue weighted by Gasteiger charge is 2.26. The summed E-state index contributed by atoms with van der Waals surface area (Å²) < 4.78 is 31.2. The van der Waals surface area contributed by atoms with Crippen molar-refractivity contribution >= 4 is 21.6 Å². The average molecular weight is 485 g/mol. The van der Waals surface area contributed by atoms with Crippen molar-refractivity contribution in [2.75, 3.05) is 37.2 Å². The number of rotatable bonds is 9. The van der Waals surface area contributed by atoms with E-state index in [0.717, 1.165) is 75.2 Å². The Balaban J connectivity index is 1.25. The van der Waals surface area contributed by atoms with Gasteiger partial charge in [-0.25, -0.2) is 13.4 Å². The molecule has 0 bridgehead atoms. The molecule has 0 aromatic heterocycles. The van der Waals surface area contributed by atoms with E-state index in [4.69, 9.17) is 15.5 Å². The number of allylic oxidation sites excluding steroid dienone is 3. The molecule has 184 valence electrons. The highest BCUT2D eigenvalue weighted by molar-refractivity contribution is 7.92. The smallest absolute Gasteiger partial charge is 0.229 e. The third kappa shape index (κ3) is 7.29. The van der Waals surface area contributed by atoms with Crippen LogP contribution >= 0.6 is 0 Å². The Bertz CT molecular complexity index is 1070. The second-order valence-corrected chi connectivity index (χ2v) is 11.1. The monoisotopic (exact) mass is 484 g/mol. The minimum Gasteiger partial charge on any atom is -0.476 e. The highest BCUT2D eigenvalue weighted by atomic mass is 32.2. The van der Waals surface area contributed by atoms with Gasteiger partial charge in [0.1, 0.15) is 6.61 Å². The Labute approximate surface area is 203 Å². The number of sulfonamides is 1. The Morgan fingerprint density at radius 2 is 1.94 bits per heavy atom. The van der Waals surface area contributed by atoms with Crippen LogP contribution in [0.15, 0.2) is 64.8 Å². The van der Waals surface area contributed by atoms with Crippen molar-refractivity contribution in [1.29, 1.82) is 0 Å².